The molecule has 0 aliphatic carbocycles. The molecular formula is C35H62O8. The second-order valence-electron chi connectivity index (χ2n) is 14.7. The van der Waals surface area contributed by atoms with Crippen molar-refractivity contribution < 1.29 is 38.0 Å². The van der Waals surface area contributed by atoms with E-state index in [1.807, 2.05) is 26.8 Å². The topological polar surface area (TPSA) is 89.5 Å². The fraction of sp³-hybridized carbons (Fsp3) is 0.886. The third-order valence-electron chi connectivity index (χ3n) is 7.73. The Labute approximate surface area is 261 Å². The third kappa shape index (κ3) is 13.6. The highest BCUT2D eigenvalue weighted by molar-refractivity contribution is 5.87. The molecule has 0 bridgehead atoms. The Hall–Kier alpha value is -1.48. The van der Waals surface area contributed by atoms with Gasteiger partial charge in [0.05, 0.1) is 26.2 Å². The zero-order valence-corrected chi connectivity index (χ0v) is 28.8. The summed E-state index contributed by atoms with van der Waals surface area (Å²) in [5.74, 6) is -3.03. The van der Waals surface area contributed by atoms with Gasteiger partial charge in [-0.25, -0.2) is 4.79 Å². The van der Waals surface area contributed by atoms with Crippen molar-refractivity contribution in [1.29, 1.82) is 0 Å². The molecule has 0 N–H and O–H groups in total. The van der Waals surface area contributed by atoms with Crippen molar-refractivity contribution in [2.45, 2.75) is 174 Å². The molecule has 2 saturated heterocycles. The van der Waals surface area contributed by atoms with Crippen LogP contribution >= 0.6 is 0 Å². The van der Waals surface area contributed by atoms with Crippen LogP contribution in [0, 0.1) is 5.92 Å². The summed E-state index contributed by atoms with van der Waals surface area (Å²) in [6, 6.07) is 0. The summed E-state index contributed by atoms with van der Waals surface area (Å²) in [5, 5.41) is 0. The van der Waals surface area contributed by atoms with Crippen molar-refractivity contribution in [3.8, 4) is 0 Å². The highest BCUT2D eigenvalue weighted by atomic mass is 16.7. The maximum atomic E-state index is 13.7. The molecule has 2 rings (SSSR count). The van der Waals surface area contributed by atoms with Crippen LogP contribution in [0.5, 0.6) is 0 Å². The van der Waals surface area contributed by atoms with Gasteiger partial charge in [0, 0.05) is 18.8 Å². The zero-order chi connectivity index (χ0) is 32.2. The highest BCUT2D eigenvalue weighted by Gasteiger charge is 2.57. The summed E-state index contributed by atoms with van der Waals surface area (Å²) in [6.45, 7) is 18.2. The Bertz CT molecular complexity index is 875. The van der Waals surface area contributed by atoms with Crippen LogP contribution < -0.4 is 0 Å². The summed E-state index contributed by atoms with van der Waals surface area (Å²) in [6.07, 6.45) is 17.1. The second kappa shape index (κ2) is 16.7. The van der Waals surface area contributed by atoms with E-state index in [4.69, 9.17) is 28.4 Å². The van der Waals surface area contributed by atoms with Gasteiger partial charge in [-0.15, -0.1) is 0 Å². The average molecular weight is 611 g/mol. The monoisotopic (exact) mass is 610 g/mol. The van der Waals surface area contributed by atoms with Gasteiger partial charge >= 0.3 is 11.9 Å². The van der Waals surface area contributed by atoms with Gasteiger partial charge in [0.15, 0.2) is 17.2 Å². The largest absolute Gasteiger partial charge is 0.460 e. The molecule has 0 saturated carbocycles. The molecule has 0 radical (unpaired) electrons. The first kappa shape index (κ1) is 37.7. The molecule has 1 unspecified atom stereocenters. The number of allylic oxidation sites excluding steroid dienone is 1. The lowest BCUT2D eigenvalue weighted by molar-refractivity contribution is -0.323. The maximum absolute atomic E-state index is 13.7. The Balaban J connectivity index is 1.96. The van der Waals surface area contributed by atoms with Crippen LogP contribution in [0.25, 0.3) is 0 Å². The molecule has 2 fully saturated rings. The molecule has 250 valence electrons. The number of esters is 2. The molecule has 2 heterocycles. The second-order valence-corrected chi connectivity index (χ2v) is 14.7. The van der Waals surface area contributed by atoms with Gasteiger partial charge in [0.1, 0.15) is 11.2 Å². The lowest BCUT2D eigenvalue weighted by Crippen LogP contribution is -2.61. The minimum Gasteiger partial charge on any atom is -0.460 e. The van der Waals surface area contributed by atoms with E-state index in [1.165, 1.54) is 25.7 Å². The number of carbonyl (C=O) groups excluding carboxylic acids is 2. The van der Waals surface area contributed by atoms with E-state index >= 15 is 0 Å². The van der Waals surface area contributed by atoms with Gasteiger partial charge in [-0.2, -0.15) is 0 Å². The SMILES string of the molecule is CCCCCCCC1(CCCCCC/C=C/[C@@H]2COC(C)(C)OC2(CC(=O)OC(C)(C)C)C(=O)OC(C)(C)C)OCCO1. The molecule has 0 aromatic heterocycles. The summed E-state index contributed by atoms with van der Waals surface area (Å²) in [7, 11) is 0. The summed E-state index contributed by atoms with van der Waals surface area (Å²) in [4.78, 5) is 26.8. The molecule has 2 aliphatic heterocycles. The van der Waals surface area contributed by atoms with Crippen LogP contribution in [0.4, 0.5) is 0 Å². The number of rotatable bonds is 17. The normalized spacial score (nSPS) is 23.9. The lowest BCUT2D eigenvalue weighted by atomic mass is 9.82. The minimum absolute atomic E-state index is 0.228. The van der Waals surface area contributed by atoms with Crippen molar-refractivity contribution in [1.82, 2.24) is 0 Å². The Morgan fingerprint density at radius 2 is 1.35 bits per heavy atom. The average Bonchev–Trinajstić information content (AvgIpc) is 3.33. The van der Waals surface area contributed by atoms with E-state index < -0.39 is 40.4 Å². The summed E-state index contributed by atoms with van der Waals surface area (Å²) in [5.41, 5.74) is -3.00. The van der Waals surface area contributed by atoms with Gasteiger partial charge in [0.2, 0.25) is 0 Å². The lowest BCUT2D eigenvalue weighted by Gasteiger charge is -2.47. The first-order chi connectivity index (χ1) is 20.0. The van der Waals surface area contributed by atoms with Gasteiger partial charge in [-0.3, -0.25) is 4.79 Å². The summed E-state index contributed by atoms with van der Waals surface area (Å²) >= 11 is 0. The van der Waals surface area contributed by atoms with Crippen molar-refractivity contribution in [3.63, 3.8) is 0 Å². The van der Waals surface area contributed by atoms with Crippen LogP contribution in [0.3, 0.4) is 0 Å². The molecule has 2 atom stereocenters. The Morgan fingerprint density at radius 3 is 1.91 bits per heavy atom. The predicted octanol–water partition coefficient (Wildman–Crippen LogP) is 8.20. The summed E-state index contributed by atoms with van der Waals surface area (Å²) < 4.78 is 35.8. The van der Waals surface area contributed by atoms with E-state index in [2.05, 4.69) is 13.0 Å². The van der Waals surface area contributed by atoms with Gasteiger partial charge < -0.3 is 28.4 Å². The molecular weight excluding hydrogens is 548 g/mol. The first-order valence-electron chi connectivity index (χ1n) is 16.8. The first-order valence-corrected chi connectivity index (χ1v) is 16.8. The molecule has 0 aromatic rings. The number of ether oxygens (including phenoxy) is 6. The zero-order valence-electron chi connectivity index (χ0n) is 28.8. The van der Waals surface area contributed by atoms with E-state index in [-0.39, 0.29) is 18.8 Å². The molecule has 8 heteroatoms. The third-order valence-corrected chi connectivity index (χ3v) is 7.73. The van der Waals surface area contributed by atoms with Crippen LogP contribution in [0.1, 0.15) is 146 Å². The van der Waals surface area contributed by atoms with Crippen molar-refractivity contribution in [2.75, 3.05) is 19.8 Å². The van der Waals surface area contributed by atoms with E-state index in [0.29, 0.717) is 13.2 Å². The number of unbranched alkanes of at least 4 members (excludes halogenated alkanes) is 8. The molecule has 2 aliphatic rings. The van der Waals surface area contributed by atoms with E-state index in [1.54, 1.807) is 34.6 Å². The van der Waals surface area contributed by atoms with Crippen LogP contribution in [0.2, 0.25) is 0 Å². The molecule has 0 amide bonds. The minimum atomic E-state index is -1.56. The highest BCUT2D eigenvalue weighted by Crippen LogP contribution is 2.41. The van der Waals surface area contributed by atoms with E-state index in [0.717, 1.165) is 51.4 Å². The fourth-order valence-electron chi connectivity index (χ4n) is 5.75. The molecule has 0 spiro atoms. The Morgan fingerprint density at radius 1 is 0.791 bits per heavy atom. The van der Waals surface area contributed by atoms with Gasteiger partial charge in [-0.1, -0.05) is 57.6 Å². The molecule has 8 nitrogen and oxygen atoms in total. The van der Waals surface area contributed by atoms with Crippen LogP contribution in [0.15, 0.2) is 12.2 Å². The van der Waals surface area contributed by atoms with Crippen molar-refractivity contribution in [2.24, 2.45) is 5.92 Å². The quantitative estimate of drug-likeness (QED) is 0.0925. The maximum Gasteiger partial charge on any atom is 0.340 e. The van der Waals surface area contributed by atoms with Gasteiger partial charge in [-0.05, 0) is 81.1 Å². The van der Waals surface area contributed by atoms with Crippen LogP contribution in [-0.4, -0.2) is 60.1 Å². The Kier molecular flexibility index (Phi) is 14.7. The smallest absolute Gasteiger partial charge is 0.340 e. The van der Waals surface area contributed by atoms with E-state index in [9.17, 15) is 9.59 Å². The fourth-order valence-corrected chi connectivity index (χ4v) is 5.75. The molecule has 0 aromatic carbocycles. The van der Waals surface area contributed by atoms with Crippen molar-refractivity contribution >= 4 is 11.9 Å². The number of hydrogen-bond donors (Lipinski definition) is 0. The number of hydrogen-bond acceptors (Lipinski definition) is 8. The van der Waals surface area contributed by atoms with Gasteiger partial charge in [0.25, 0.3) is 0 Å². The predicted molar refractivity (Wildman–Crippen MR) is 168 cm³/mol. The van der Waals surface area contributed by atoms with Crippen molar-refractivity contribution in [3.05, 3.63) is 12.2 Å². The standard InChI is InChI=1S/C35H62O8/c1-10-11-12-16-19-22-34(38-24-25-39-34)23-20-17-14-13-15-18-21-28-27-40-33(8,9)43-35(28,30(37)42-32(5,6)7)26-29(36)41-31(2,3)4/h18,21,28H,10-17,19-20,22-27H2,1-9H3/b21-18+/t28-,35?/m1/s1. The number of carbonyl (C=O) groups is 2. The van der Waals surface area contributed by atoms with Crippen LogP contribution in [-0.2, 0) is 38.0 Å². The molecule has 43 heavy (non-hydrogen) atoms.